The molecule has 0 bridgehead atoms. The third-order valence-corrected chi connectivity index (χ3v) is 3.39. The van der Waals surface area contributed by atoms with Crippen LogP contribution in [-0.4, -0.2) is 4.57 Å². The molecular weight excluding hydrogens is 249 g/mol. The molecule has 3 heteroatoms. The van der Waals surface area contributed by atoms with Gasteiger partial charge >= 0.3 is 0 Å². The largest absolute Gasteiger partial charge is 0.344 e. The summed E-state index contributed by atoms with van der Waals surface area (Å²) >= 11 is 5.94. The second-order valence-corrected chi connectivity index (χ2v) is 4.71. The molecule has 1 nitrogen and oxygen atoms in total. The lowest BCUT2D eigenvalue weighted by Gasteiger charge is -2.06. The lowest BCUT2D eigenvalue weighted by Crippen LogP contribution is -1.93. The predicted octanol–water partition coefficient (Wildman–Crippen LogP) is 4.64. The first-order chi connectivity index (χ1) is 8.66. The van der Waals surface area contributed by atoms with Crippen LogP contribution in [-0.2, 0) is 7.05 Å². The topological polar surface area (TPSA) is 4.93 Å². The van der Waals surface area contributed by atoms with Gasteiger partial charge < -0.3 is 4.57 Å². The van der Waals surface area contributed by atoms with Crippen LogP contribution in [0.2, 0.25) is 5.02 Å². The zero-order valence-corrected chi connectivity index (χ0v) is 10.6. The molecule has 0 saturated heterocycles. The molecule has 0 unspecified atom stereocenters. The Hall–Kier alpha value is -1.80. The van der Waals surface area contributed by atoms with Gasteiger partial charge in [0.25, 0.3) is 0 Å². The van der Waals surface area contributed by atoms with Crippen molar-refractivity contribution in [2.24, 2.45) is 7.05 Å². The van der Waals surface area contributed by atoms with Crippen LogP contribution in [0.1, 0.15) is 0 Å². The first-order valence-electron chi connectivity index (χ1n) is 5.67. The molecule has 0 amide bonds. The number of para-hydroxylation sites is 1. The third kappa shape index (κ3) is 1.70. The van der Waals surface area contributed by atoms with Gasteiger partial charge in [-0.3, -0.25) is 0 Å². The van der Waals surface area contributed by atoms with Crippen molar-refractivity contribution in [3.05, 3.63) is 59.4 Å². The normalized spacial score (nSPS) is 11.1. The van der Waals surface area contributed by atoms with E-state index < -0.39 is 0 Å². The summed E-state index contributed by atoms with van der Waals surface area (Å²) in [6.45, 7) is 0. The lowest BCUT2D eigenvalue weighted by atomic mass is 10.1. The summed E-state index contributed by atoms with van der Waals surface area (Å²) < 4.78 is 15.9. The molecular formula is C15H11ClFN. The van der Waals surface area contributed by atoms with Gasteiger partial charge in [0.2, 0.25) is 0 Å². The highest BCUT2D eigenvalue weighted by Crippen LogP contribution is 2.30. The highest BCUT2D eigenvalue weighted by atomic mass is 35.5. The number of nitrogens with zero attached hydrogens (tertiary/aromatic N) is 1. The van der Waals surface area contributed by atoms with E-state index in [4.69, 9.17) is 11.6 Å². The first-order valence-corrected chi connectivity index (χ1v) is 6.04. The molecule has 0 N–H and O–H groups in total. The van der Waals surface area contributed by atoms with Gasteiger partial charge in [-0.15, -0.1) is 0 Å². The maximum Gasteiger partial charge on any atom is 0.132 e. The first kappa shape index (κ1) is 11.3. The molecule has 3 aromatic rings. The highest BCUT2D eigenvalue weighted by molar-refractivity contribution is 6.30. The van der Waals surface area contributed by atoms with Gasteiger partial charge in [0, 0.05) is 28.5 Å². The quantitative estimate of drug-likeness (QED) is 0.600. The van der Waals surface area contributed by atoms with Gasteiger partial charge in [-0.1, -0.05) is 29.8 Å². The van der Waals surface area contributed by atoms with Crippen molar-refractivity contribution in [3.63, 3.8) is 0 Å². The minimum atomic E-state index is -0.259. The van der Waals surface area contributed by atoms with Crippen molar-refractivity contribution in [2.45, 2.75) is 0 Å². The molecule has 1 heterocycles. The van der Waals surface area contributed by atoms with E-state index in [9.17, 15) is 4.39 Å². The Morgan fingerprint density at radius 2 is 1.83 bits per heavy atom. The SMILES string of the molecule is Cn1c(-c2cc(Cl)ccc2F)cc2ccccc21. The van der Waals surface area contributed by atoms with E-state index >= 15 is 0 Å². The molecule has 0 fully saturated rings. The van der Waals surface area contributed by atoms with Crippen LogP contribution in [0, 0.1) is 5.82 Å². The summed E-state index contributed by atoms with van der Waals surface area (Å²) in [6.07, 6.45) is 0. The smallest absolute Gasteiger partial charge is 0.132 e. The summed E-state index contributed by atoms with van der Waals surface area (Å²) in [6, 6.07) is 14.6. The zero-order valence-electron chi connectivity index (χ0n) is 9.82. The Morgan fingerprint density at radius 1 is 1.06 bits per heavy atom. The molecule has 90 valence electrons. The molecule has 18 heavy (non-hydrogen) atoms. The summed E-state index contributed by atoms with van der Waals surface area (Å²) in [7, 11) is 1.93. The van der Waals surface area contributed by atoms with Crippen molar-refractivity contribution >= 4 is 22.5 Å². The van der Waals surface area contributed by atoms with Gasteiger partial charge in [0.05, 0.1) is 5.69 Å². The van der Waals surface area contributed by atoms with Crippen LogP contribution in [0.3, 0.4) is 0 Å². The minimum absolute atomic E-state index is 0.259. The minimum Gasteiger partial charge on any atom is -0.344 e. The molecule has 0 atom stereocenters. The van der Waals surface area contributed by atoms with E-state index in [-0.39, 0.29) is 5.82 Å². The maximum atomic E-state index is 13.9. The monoisotopic (exact) mass is 259 g/mol. The van der Waals surface area contributed by atoms with Crippen LogP contribution >= 0.6 is 11.6 Å². The molecule has 0 saturated carbocycles. The van der Waals surface area contributed by atoms with Crippen LogP contribution in [0.25, 0.3) is 22.2 Å². The molecule has 0 aliphatic carbocycles. The molecule has 2 aromatic carbocycles. The summed E-state index contributed by atoms with van der Waals surface area (Å²) in [5.74, 6) is -0.259. The van der Waals surface area contributed by atoms with Crippen molar-refractivity contribution in [1.29, 1.82) is 0 Å². The number of benzene rings is 2. The summed E-state index contributed by atoms with van der Waals surface area (Å²) in [5, 5.41) is 1.63. The van der Waals surface area contributed by atoms with Crippen LogP contribution in [0.15, 0.2) is 48.5 Å². The average Bonchev–Trinajstić information content (AvgIpc) is 2.71. The molecule has 0 aliphatic heterocycles. The van der Waals surface area contributed by atoms with Crippen molar-refractivity contribution in [2.75, 3.05) is 0 Å². The maximum absolute atomic E-state index is 13.9. The third-order valence-electron chi connectivity index (χ3n) is 3.16. The van der Waals surface area contributed by atoms with E-state index in [1.807, 2.05) is 41.9 Å². The van der Waals surface area contributed by atoms with Crippen molar-refractivity contribution < 1.29 is 4.39 Å². The molecule has 1 aromatic heterocycles. The fourth-order valence-corrected chi connectivity index (χ4v) is 2.41. The molecule has 0 spiro atoms. The standard InChI is InChI=1S/C15H11ClFN/c1-18-14-5-3-2-4-10(14)8-15(18)12-9-11(16)6-7-13(12)17/h2-9H,1H3. The Labute approximate surface area is 109 Å². The van der Waals surface area contributed by atoms with Crippen molar-refractivity contribution in [3.8, 4) is 11.3 Å². The summed E-state index contributed by atoms with van der Waals surface area (Å²) in [5.41, 5.74) is 2.43. The number of aryl methyl sites for hydroxylation is 1. The number of rotatable bonds is 1. The van der Waals surface area contributed by atoms with Gasteiger partial charge in [-0.05, 0) is 30.3 Å². The van der Waals surface area contributed by atoms with Crippen molar-refractivity contribution in [1.82, 2.24) is 4.57 Å². The molecule has 0 radical (unpaired) electrons. The average molecular weight is 260 g/mol. The van der Waals surface area contributed by atoms with Gasteiger partial charge in [-0.25, -0.2) is 4.39 Å². The Kier molecular flexibility index (Phi) is 2.60. The van der Waals surface area contributed by atoms with Gasteiger partial charge in [0.1, 0.15) is 5.82 Å². The van der Waals surface area contributed by atoms with E-state index in [1.165, 1.54) is 6.07 Å². The number of fused-ring (bicyclic) bond motifs is 1. The fraction of sp³-hybridized carbons (Fsp3) is 0.0667. The van der Waals surface area contributed by atoms with Crippen LogP contribution in [0.4, 0.5) is 4.39 Å². The summed E-state index contributed by atoms with van der Waals surface area (Å²) in [4.78, 5) is 0. The second-order valence-electron chi connectivity index (χ2n) is 4.27. The zero-order chi connectivity index (χ0) is 12.7. The number of aromatic nitrogens is 1. The number of halogens is 2. The highest BCUT2D eigenvalue weighted by Gasteiger charge is 2.11. The number of hydrogen-bond acceptors (Lipinski definition) is 0. The second kappa shape index (κ2) is 4.14. The van der Waals surface area contributed by atoms with Gasteiger partial charge in [0.15, 0.2) is 0 Å². The number of hydrogen-bond donors (Lipinski definition) is 0. The molecule has 0 aliphatic rings. The predicted molar refractivity (Wildman–Crippen MR) is 73.3 cm³/mol. The van der Waals surface area contributed by atoms with E-state index in [1.54, 1.807) is 12.1 Å². The van der Waals surface area contributed by atoms with Crippen LogP contribution < -0.4 is 0 Å². The fourth-order valence-electron chi connectivity index (χ4n) is 2.24. The Balaban J connectivity index is 2.31. The molecule has 3 rings (SSSR count). The lowest BCUT2D eigenvalue weighted by molar-refractivity contribution is 0.630. The Bertz CT molecular complexity index is 730. The van der Waals surface area contributed by atoms with E-state index in [2.05, 4.69) is 0 Å². The van der Waals surface area contributed by atoms with E-state index in [0.29, 0.717) is 10.6 Å². The van der Waals surface area contributed by atoms with Gasteiger partial charge in [-0.2, -0.15) is 0 Å². The Morgan fingerprint density at radius 3 is 2.61 bits per heavy atom. The van der Waals surface area contributed by atoms with Crippen LogP contribution in [0.5, 0.6) is 0 Å². The van der Waals surface area contributed by atoms with E-state index in [0.717, 1.165) is 16.6 Å².